The molecule has 0 aromatic heterocycles. The molecule has 0 aliphatic heterocycles. The molecule has 0 saturated heterocycles. The van der Waals surface area contributed by atoms with E-state index in [-0.39, 0.29) is 5.78 Å². The molecule has 0 heterocycles. The van der Waals surface area contributed by atoms with Gasteiger partial charge in [0.15, 0.2) is 5.78 Å². The summed E-state index contributed by atoms with van der Waals surface area (Å²) in [6, 6.07) is 15.2. The molecule has 0 spiro atoms. The average Bonchev–Trinajstić information content (AvgIpc) is 2.53. The fourth-order valence-electron chi connectivity index (χ4n) is 2.11. The van der Waals surface area contributed by atoms with Gasteiger partial charge in [-0.2, -0.15) is 0 Å². The van der Waals surface area contributed by atoms with Crippen LogP contribution in [0.4, 0.5) is 0 Å². The molecular weight excluding hydrogens is 260 g/mol. The minimum Gasteiger partial charge on any atom is -0.494 e. The number of carbonyl (C=O) groups is 1. The molecule has 0 aliphatic rings. The highest BCUT2D eigenvalue weighted by molar-refractivity contribution is 6.09. The minimum atomic E-state index is 0.0485. The second kappa shape index (κ2) is 7.07. The predicted molar refractivity (Wildman–Crippen MR) is 86.2 cm³/mol. The van der Waals surface area contributed by atoms with Crippen LogP contribution in [0.25, 0.3) is 0 Å². The zero-order chi connectivity index (χ0) is 15.2. The van der Waals surface area contributed by atoms with Gasteiger partial charge in [-0.25, -0.2) is 0 Å². The highest BCUT2D eigenvalue weighted by Crippen LogP contribution is 2.18. The van der Waals surface area contributed by atoms with Gasteiger partial charge in [-0.3, -0.25) is 4.79 Å². The van der Waals surface area contributed by atoms with Gasteiger partial charge in [0.05, 0.1) is 6.61 Å². The van der Waals surface area contributed by atoms with Crippen LogP contribution in [-0.2, 0) is 0 Å². The fraction of sp³-hybridized carbons (Fsp3) is 0.316. The van der Waals surface area contributed by atoms with E-state index in [4.69, 9.17) is 4.74 Å². The quantitative estimate of drug-likeness (QED) is 0.709. The van der Waals surface area contributed by atoms with Crippen LogP contribution in [0, 0.1) is 0 Å². The molecule has 21 heavy (non-hydrogen) atoms. The summed E-state index contributed by atoms with van der Waals surface area (Å²) < 4.78 is 5.53. The van der Waals surface area contributed by atoms with Gasteiger partial charge in [-0.1, -0.05) is 45.0 Å². The Hall–Kier alpha value is -2.09. The number of hydrogen-bond acceptors (Lipinski definition) is 2. The molecule has 2 rings (SSSR count). The number of carbonyl (C=O) groups excluding carboxylic acids is 1. The first-order valence-corrected chi connectivity index (χ1v) is 7.49. The van der Waals surface area contributed by atoms with Crippen molar-refractivity contribution >= 4 is 5.78 Å². The highest BCUT2D eigenvalue weighted by Gasteiger charge is 2.09. The Morgan fingerprint density at radius 1 is 0.952 bits per heavy atom. The molecule has 0 bridgehead atoms. The van der Waals surface area contributed by atoms with Crippen LogP contribution in [0.2, 0.25) is 0 Å². The van der Waals surface area contributed by atoms with Gasteiger partial charge < -0.3 is 4.74 Å². The largest absolute Gasteiger partial charge is 0.494 e. The molecule has 2 heteroatoms. The predicted octanol–water partition coefficient (Wildman–Crippen LogP) is 4.83. The first-order chi connectivity index (χ1) is 10.1. The van der Waals surface area contributed by atoms with Crippen molar-refractivity contribution in [3.8, 4) is 5.75 Å². The molecule has 0 radical (unpaired) electrons. The first-order valence-electron chi connectivity index (χ1n) is 7.49. The molecule has 0 aliphatic carbocycles. The third-order valence-corrected chi connectivity index (χ3v) is 3.43. The van der Waals surface area contributed by atoms with Crippen LogP contribution in [0.5, 0.6) is 5.75 Å². The molecule has 110 valence electrons. The van der Waals surface area contributed by atoms with Crippen molar-refractivity contribution in [2.45, 2.75) is 33.1 Å². The maximum atomic E-state index is 12.4. The zero-order valence-corrected chi connectivity index (χ0v) is 12.9. The smallest absolute Gasteiger partial charge is 0.193 e. The lowest BCUT2D eigenvalue weighted by Crippen LogP contribution is -2.02. The number of ketones is 1. The van der Waals surface area contributed by atoms with E-state index in [0.717, 1.165) is 17.7 Å². The SMILES string of the molecule is CCCOc1ccc(C(=O)c2ccc(C(C)C)cc2)cc1. The van der Waals surface area contributed by atoms with Gasteiger partial charge in [0.1, 0.15) is 5.75 Å². The van der Waals surface area contributed by atoms with Gasteiger partial charge in [0.25, 0.3) is 0 Å². The Labute approximate surface area is 126 Å². The Kier molecular flexibility index (Phi) is 5.15. The number of ether oxygens (including phenoxy) is 1. The third-order valence-electron chi connectivity index (χ3n) is 3.43. The molecule has 0 saturated carbocycles. The molecule has 0 N–H and O–H groups in total. The average molecular weight is 282 g/mol. The molecule has 2 aromatic rings. The van der Waals surface area contributed by atoms with Gasteiger partial charge >= 0.3 is 0 Å². The van der Waals surface area contributed by atoms with Crippen molar-refractivity contribution in [1.29, 1.82) is 0 Å². The van der Waals surface area contributed by atoms with Crippen molar-refractivity contribution in [1.82, 2.24) is 0 Å². The topological polar surface area (TPSA) is 26.3 Å². The summed E-state index contributed by atoms with van der Waals surface area (Å²) in [4.78, 5) is 12.4. The van der Waals surface area contributed by atoms with E-state index in [1.165, 1.54) is 5.56 Å². The van der Waals surface area contributed by atoms with E-state index < -0.39 is 0 Å². The van der Waals surface area contributed by atoms with Crippen molar-refractivity contribution in [3.63, 3.8) is 0 Å². The number of benzene rings is 2. The summed E-state index contributed by atoms with van der Waals surface area (Å²) >= 11 is 0. The van der Waals surface area contributed by atoms with Gasteiger partial charge in [-0.15, -0.1) is 0 Å². The fourth-order valence-corrected chi connectivity index (χ4v) is 2.11. The van der Waals surface area contributed by atoms with E-state index in [2.05, 4.69) is 20.8 Å². The van der Waals surface area contributed by atoms with E-state index in [0.29, 0.717) is 18.1 Å². The molecule has 2 nitrogen and oxygen atoms in total. The molecule has 0 fully saturated rings. The van der Waals surface area contributed by atoms with Crippen LogP contribution in [0.1, 0.15) is 54.6 Å². The van der Waals surface area contributed by atoms with E-state index in [9.17, 15) is 4.79 Å². The summed E-state index contributed by atoms with van der Waals surface area (Å²) in [6.45, 7) is 7.06. The lowest BCUT2D eigenvalue weighted by molar-refractivity contribution is 0.103. The number of hydrogen-bond donors (Lipinski definition) is 0. The lowest BCUT2D eigenvalue weighted by atomic mass is 9.98. The summed E-state index contributed by atoms with van der Waals surface area (Å²) in [7, 11) is 0. The maximum Gasteiger partial charge on any atom is 0.193 e. The van der Waals surface area contributed by atoms with Crippen molar-refractivity contribution in [3.05, 3.63) is 65.2 Å². The van der Waals surface area contributed by atoms with Crippen LogP contribution >= 0.6 is 0 Å². The normalized spacial score (nSPS) is 10.7. The summed E-state index contributed by atoms with van der Waals surface area (Å²) in [5, 5.41) is 0. The monoisotopic (exact) mass is 282 g/mol. The second-order valence-corrected chi connectivity index (χ2v) is 5.48. The molecule has 0 atom stereocenters. The standard InChI is InChI=1S/C19H22O2/c1-4-13-21-18-11-9-17(10-12-18)19(20)16-7-5-15(6-8-16)14(2)3/h5-12,14H,4,13H2,1-3H3. The zero-order valence-electron chi connectivity index (χ0n) is 12.9. The highest BCUT2D eigenvalue weighted by atomic mass is 16.5. The molecule has 2 aromatic carbocycles. The molecule has 0 amide bonds. The lowest BCUT2D eigenvalue weighted by Gasteiger charge is -2.08. The van der Waals surface area contributed by atoms with Gasteiger partial charge in [-0.05, 0) is 42.2 Å². The third kappa shape index (κ3) is 3.94. The van der Waals surface area contributed by atoms with E-state index in [1.54, 1.807) is 0 Å². The first kappa shape index (κ1) is 15.3. The Balaban J connectivity index is 2.12. The van der Waals surface area contributed by atoms with Crippen LogP contribution in [-0.4, -0.2) is 12.4 Å². The van der Waals surface area contributed by atoms with Crippen molar-refractivity contribution in [2.24, 2.45) is 0 Å². The van der Waals surface area contributed by atoms with Gasteiger partial charge in [0.2, 0.25) is 0 Å². The molecular formula is C19H22O2. The summed E-state index contributed by atoms with van der Waals surface area (Å²) in [5.74, 6) is 1.33. The maximum absolute atomic E-state index is 12.4. The van der Waals surface area contributed by atoms with E-state index in [1.807, 2.05) is 48.5 Å². The van der Waals surface area contributed by atoms with Crippen LogP contribution < -0.4 is 4.74 Å². The molecule has 0 unspecified atom stereocenters. The Morgan fingerprint density at radius 2 is 1.48 bits per heavy atom. The summed E-state index contributed by atoms with van der Waals surface area (Å²) in [5.41, 5.74) is 2.66. The van der Waals surface area contributed by atoms with Crippen LogP contribution in [0.3, 0.4) is 0 Å². The van der Waals surface area contributed by atoms with Crippen LogP contribution in [0.15, 0.2) is 48.5 Å². The summed E-state index contributed by atoms with van der Waals surface area (Å²) in [6.07, 6.45) is 0.975. The Bertz CT molecular complexity index is 580. The van der Waals surface area contributed by atoms with Gasteiger partial charge in [0, 0.05) is 11.1 Å². The Morgan fingerprint density at radius 3 is 1.95 bits per heavy atom. The minimum absolute atomic E-state index is 0.0485. The van der Waals surface area contributed by atoms with Crippen molar-refractivity contribution in [2.75, 3.05) is 6.61 Å². The number of rotatable bonds is 6. The van der Waals surface area contributed by atoms with E-state index >= 15 is 0 Å². The second-order valence-electron chi connectivity index (χ2n) is 5.48. The van der Waals surface area contributed by atoms with Crippen molar-refractivity contribution < 1.29 is 9.53 Å².